The second-order valence-electron chi connectivity index (χ2n) is 4.33. The van der Waals surface area contributed by atoms with Gasteiger partial charge in [0.1, 0.15) is 11.9 Å². The third kappa shape index (κ3) is 2.22. The fourth-order valence-corrected chi connectivity index (χ4v) is 2.23. The number of rotatable bonds is 3. The largest absolute Gasteiger partial charge is 0.344 e. The summed E-state index contributed by atoms with van der Waals surface area (Å²) in [4.78, 5) is 0. The molecule has 0 aromatic heterocycles. The van der Waals surface area contributed by atoms with Crippen LogP contribution in [-0.2, 0) is 9.47 Å². The second kappa shape index (κ2) is 4.75. The highest BCUT2D eigenvalue weighted by molar-refractivity contribution is 5.22. The van der Waals surface area contributed by atoms with E-state index in [4.69, 9.17) is 9.47 Å². The van der Waals surface area contributed by atoms with Gasteiger partial charge in [0.15, 0.2) is 5.79 Å². The molecule has 93 valence electrons. The van der Waals surface area contributed by atoms with Gasteiger partial charge < -0.3 is 9.47 Å². The molecule has 1 aliphatic rings. The fraction of sp³-hybridized carbons (Fsp3) is 0.500. The minimum absolute atomic E-state index is 0.266. The number of hydrogen-bond donors (Lipinski definition) is 0. The topological polar surface area (TPSA) is 18.5 Å². The molecule has 2 atom stereocenters. The van der Waals surface area contributed by atoms with E-state index in [1.807, 2.05) is 13.8 Å². The molecule has 1 aromatic rings. The van der Waals surface area contributed by atoms with E-state index in [2.05, 4.69) is 6.92 Å². The Labute approximate surface area is 102 Å². The molecule has 0 unspecified atom stereocenters. The van der Waals surface area contributed by atoms with E-state index in [9.17, 15) is 4.39 Å². The van der Waals surface area contributed by atoms with Crippen LogP contribution in [-0.4, -0.2) is 11.9 Å². The third-order valence-electron chi connectivity index (χ3n) is 3.33. The molecule has 0 bridgehead atoms. The van der Waals surface area contributed by atoms with Crippen molar-refractivity contribution in [2.75, 3.05) is 0 Å². The third-order valence-corrected chi connectivity index (χ3v) is 3.33. The van der Waals surface area contributed by atoms with Crippen molar-refractivity contribution in [1.82, 2.24) is 0 Å². The van der Waals surface area contributed by atoms with Crippen molar-refractivity contribution in [2.45, 2.75) is 44.7 Å². The Balaban J connectivity index is 2.27. The first-order chi connectivity index (χ1) is 8.12. The maximum atomic E-state index is 13.7. The summed E-state index contributed by atoms with van der Waals surface area (Å²) < 4.78 is 25.4. The van der Waals surface area contributed by atoms with Crippen molar-refractivity contribution in [3.8, 4) is 0 Å². The molecule has 1 heterocycles. The monoisotopic (exact) mass is 237 g/mol. The normalized spacial score (nSPS) is 27.3. The summed E-state index contributed by atoms with van der Waals surface area (Å²) in [7, 11) is 0. The molecular weight excluding hydrogens is 219 g/mol. The van der Waals surface area contributed by atoms with Crippen molar-refractivity contribution in [1.29, 1.82) is 0 Å². The molecule has 1 saturated heterocycles. The highest BCUT2D eigenvalue weighted by atomic mass is 19.1. The lowest BCUT2D eigenvalue weighted by atomic mass is 10.1. The number of halogens is 1. The maximum Gasteiger partial charge on any atom is 0.169 e. The predicted molar refractivity (Wildman–Crippen MR) is 63.8 cm³/mol. The van der Waals surface area contributed by atoms with Crippen LogP contribution in [0.2, 0.25) is 0 Å². The van der Waals surface area contributed by atoms with Gasteiger partial charge in [-0.05, 0) is 25.8 Å². The van der Waals surface area contributed by atoms with Gasteiger partial charge in [0.05, 0.1) is 6.10 Å². The van der Waals surface area contributed by atoms with Crippen molar-refractivity contribution < 1.29 is 13.9 Å². The molecule has 1 radical (unpaired) electrons. The molecule has 0 N–H and O–H groups in total. The molecule has 2 rings (SSSR count). The van der Waals surface area contributed by atoms with E-state index in [1.165, 1.54) is 6.07 Å². The van der Waals surface area contributed by atoms with Crippen molar-refractivity contribution in [3.05, 3.63) is 42.6 Å². The molecule has 0 aliphatic carbocycles. The molecular formula is C14H18FO2. The molecule has 3 heteroatoms. The minimum atomic E-state index is -0.612. The number of benzene rings is 1. The Morgan fingerprint density at radius 1 is 1.24 bits per heavy atom. The van der Waals surface area contributed by atoms with Gasteiger partial charge in [-0.1, -0.05) is 32.0 Å². The molecule has 0 amide bonds. The summed E-state index contributed by atoms with van der Waals surface area (Å²) >= 11 is 0. The first kappa shape index (κ1) is 12.5. The van der Waals surface area contributed by atoms with Gasteiger partial charge in [-0.25, -0.2) is 4.39 Å². The quantitative estimate of drug-likeness (QED) is 0.799. The molecule has 0 spiro atoms. The zero-order valence-electron chi connectivity index (χ0n) is 10.3. The van der Waals surface area contributed by atoms with Crippen LogP contribution in [0, 0.1) is 12.7 Å². The van der Waals surface area contributed by atoms with Crippen molar-refractivity contribution >= 4 is 0 Å². The summed E-state index contributed by atoms with van der Waals surface area (Å²) in [6, 6.07) is 6.62. The van der Waals surface area contributed by atoms with Gasteiger partial charge in [-0.3, -0.25) is 0 Å². The Bertz CT molecular complexity index is 388. The Kier molecular flexibility index (Phi) is 3.50. The van der Waals surface area contributed by atoms with Crippen LogP contribution in [0.3, 0.4) is 0 Å². The minimum Gasteiger partial charge on any atom is -0.344 e. The van der Waals surface area contributed by atoms with E-state index < -0.39 is 11.9 Å². The number of hydrogen-bond acceptors (Lipinski definition) is 2. The summed E-state index contributed by atoms with van der Waals surface area (Å²) in [6.45, 7) is 7.91. The molecule has 1 aliphatic heterocycles. The lowest BCUT2D eigenvalue weighted by molar-refractivity contribution is -0.177. The van der Waals surface area contributed by atoms with E-state index in [0.717, 1.165) is 12.8 Å². The van der Waals surface area contributed by atoms with Crippen LogP contribution in [0.25, 0.3) is 0 Å². The highest BCUT2D eigenvalue weighted by Gasteiger charge is 2.44. The first-order valence-electron chi connectivity index (χ1n) is 6.05. The molecule has 17 heavy (non-hydrogen) atoms. The molecule has 1 aromatic carbocycles. The smallest absolute Gasteiger partial charge is 0.169 e. The van der Waals surface area contributed by atoms with E-state index in [0.29, 0.717) is 5.56 Å². The summed E-state index contributed by atoms with van der Waals surface area (Å²) in [6.07, 6.45) is 0.684. The van der Waals surface area contributed by atoms with Crippen LogP contribution in [0.4, 0.5) is 4.39 Å². The average molecular weight is 237 g/mol. The first-order valence-corrected chi connectivity index (χ1v) is 6.05. The number of ether oxygens (including phenoxy) is 2. The summed E-state index contributed by atoms with van der Waals surface area (Å²) in [5.41, 5.74) is 0.524. The second-order valence-corrected chi connectivity index (χ2v) is 4.33. The van der Waals surface area contributed by atoms with Gasteiger partial charge in [0.25, 0.3) is 0 Å². The Hall–Kier alpha value is -0.930. The average Bonchev–Trinajstić information content (AvgIpc) is 2.68. The van der Waals surface area contributed by atoms with Gasteiger partial charge >= 0.3 is 0 Å². The molecule has 1 fully saturated rings. The standard InChI is InChI=1S/C14H18FO2/c1-4-14(5-2)16-10(3)13(17-14)11-8-6-7-9-12(11)15/h6-10,13H,3-5H2,1-2H3/t10-,13+/m0/s1. The fourth-order valence-electron chi connectivity index (χ4n) is 2.23. The van der Waals surface area contributed by atoms with E-state index in [-0.39, 0.29) is 11.9 Å². The van der Waals surface area contributed by atoms with Gasteiger partial charge in [0.2, 0.25) is 0 Å². The lowest BCUT2D eigenvalue weighted by Crippen LogP contribution is -2.28. The highest BCUT2D eigenvalue weighted by Crippen LogP contribution is 2.42. The zero-order valence-corrected chi connectivity index (χ0v) is 10.3. The van der Waals surface area contributed by atoms with Gasteiger partial charge in [0, 0.05) is 5.56 Å². The van der Waals surface area contributed by atoms with E-state index >= 15 is 0 Å². The molecule has 0 saturated carbocycles. The van der Waals surface area contributed by atoms with Gasteiger partial charge in [-0.2, -0.15) is 0 Å². The van der Waals surface area contributed by atoms with E-state index in [1.54, 1.807) is 18.2 Å². The maximum absolute atomic E-state index is 13.7. The van der Waals surface area contributed by atoms with Crippen LogP contribution in [0.1, 0.15) is 38.4 Å². The summed E-state index contributed by atoms with van der Waals surface area (Å²) in [5.74, 6) is -0.878. The van der Waals surface area contributed by atoms with Gasteiger partial charge in [-0.15, -0.1) is 0 Å². The lowest BCUT2D eigenvalue weighted by Gasteiger charge is -2.25. The van der Waals surface area contributed by atoms with Crippen LogP contribution in [0.5, 0.6) is 0 Å². The predicted octanol–water partition coefficient (Wildman–Crippen LogP) is 3.63. The van der Waals surface area contributed by atoms with Crippen LogP contribution in [0.15, 0.2) is 24.3 Å². The molecule has 2 nitrogen and oxygen atoms in total. The SMILES string of the molecule is [CH2][C@@H]1OC(CC)(CC)O[C@H]1c1ccccc1F. The van der Waals surface area contributed by atoms with Crippen LogP contribution >= 0.6 is 0 Å². The summed E-state index contributed by atoms with van der Waals surface area (Å²) in [5, 5.41) is 0. The van der Waals surface area contributed by atoms with Crippen LogP contribution < -0.4 is 0 Å². The van der Waals surface area contributed by atoms with Crippen molar-refractivity contribution in [2.24, 2.45) is 0 Å². The Morgan fingerprint density at radius 3 is 2.41 bits per heavy atom. The zero-order chi connectivity index (χ0) is 12.5. The Morgan fingerprint density at radius 2 is 1.88 bits per heavy atom. The van der Waals surface area contributed by atoms with Crippen molar-refractivity contribution in [3.63, 3.8) is 0 Å².